The number of aliphatic hydroxyl groups excluding tert-OH is 1. The second kappa shape index (κ2) is 5.28. The second-order valence-corrected chi connectivity index (χ2v) is 5.46. The van der Waals surface area contributed by atoms with E-state index in [1.807, 2.05) is 0 Å². The van der Waals surface area contributed by atoms with Crippen LogP contribution in [-0.4, -0.2) is 39.1 Å². The van der Waals surface area contributed by atoms with E-state index in [0.717, 1.165) is 0 Å². The lowest BCUT2D eigenvalue weighted by molar-refractivity contribution is -0.113. The standard InChI is InChI=1S/C13H13N3O3S/c17-9-4-2-1-3-8(9)7-10-12(19)14-13(20-10)16-6-5-11(18)15-16/h1-4,7,11,15,17-18H,5-6H2/b10-7-/t11-/m0/s1. The molecule has 1 amide bonds. The fraction of sp³-hybridized carbons (Fsp3) is 0.231. The van der Waals surface area contributed by atoms with Crippen LogP contribution in [0.15, 0.2) is 34.2 Å². The normalized spacial score (nSPS) is 24.6. The fourth-order valence-electron chi connectivity index (χ4n) is 1.98. The third kappa shape index (κ3) is 2.55. The molecule has 1 atom stereocenters. The van der Waals surface area contributed by atoms with Gasteiger partial charge in [0, 0.05) is 18.5 Å². The number of hydrogen-bond acceptors (Lipinski definition) is 6. The molecule has 0 radical (unpaired) electrons. The Morgan fingerprint density at radius 2 is 2.25 bits per heavy atom. The van der Waals surface area contributed by atoms with E-state index >= 15 is 0 Å². The van der Waals surface area contributed by atoms with Crippen molar-refractivity contribution < 1.29 is 15.0 Å². The number of phenols is 1. The van der Waals surface area contributed by atoms with Crippen molar-refractivity contribution in [2.24, 2.45) is 4.99 Å². The highest BCUT2D eigenvalue weighted by atomic mass is 32.2. The number of thioether (sulfide) groups is 1. The Balaban J connectivity index is 1.79. The predicted molar refractivity (Wildman–Crippen MR) is 76.6 cm³/mol. The van der Waals surface area contributed by atoms with E-state index in [-0.39, 0.29) is 11.7 Å². The SMILES string of the molecule is O=C1N=C(N2CC[C@H](O)N2)S/C1=C\c1ccccc1O. The largest absolute Gasteiger partial charge is 0.507 e. The van der Waals surface area contributed by atoms with Crippen LogP contribution in [0.5, 0.6) is 5.75 Å². The van der Waals surface area contributed by atoms with Crippen molar-refractivity contribution in [2.45, 2.75) is 12.6 Å². The van der Waals surface area contributed by atoms with Crippen LogP contribution in [0.2, 0.25) is 0 Å². The van der Waals surface area contributed by atoms with Crippen molar-refractivity contribution in [3.05, 3.63) is 34.7 Å². The Hall–Kier alpha value is -1.83. The molecule has 1 aromatic rings. The molecule has 3 rings (SSSR count). The van der Waals surface area contributed by atoms with Gasteiger partial charge in [0.15, 0.2) is 5.17 Å². The summed E-state index contributed by atoms with van der Waals surface area (Å²) >= 11 is 1.22. The maximum atomic E-state index is 11.9. The smallest absolute Gasteiger partial charge is 0.286 e. The van der Waals surface area contributed by atoms with Crippen molar-refractivity contribution in [2.75, 3.05) is 6.54 Å². The Kier molecular flexibility index (Phi) is 3.47. The number of hydrazine groups is 1. The molecule has 104 valence electrons. The zero-order valence-corrected chi connectivity index (χ0v) is 11.3. The van der Waals surface area contributed by atoms with Crippen molar-refractivity contribution >= 4 is 28.9 Å². The number of nitrogens with zero attached hydrogens (tertiary/aromatic N) is 2. The van der Waals surface area contributed by atoms with Crippen LogP contribution in [0, 0.1) is 0 Å². The quantitative estimate of drug-likeness (QED) is 0.666. The van der Waals surface area contributed by atoms with E-state index in [0.29, 0.717) is 28.6 Å². The topological polar surface area (TPSA) is 85.2 Å². The first kappa shape index (κ1) is 13.2. The highest BCUT2D eigenvalue weighted by molar-refractivity contribution is 8.18. The zero-order valence-electron chi connectivity index (χ0n) is 10.5. The summed E-state index contributed by atoms with van der Waals surface area (Å²) in [5, 5.41) is 21.3. The first-order valence-electron chi connectivity index (χ1n) is 6.16. The summed E-state index contributed by atoms with van der Waals surface area (Å²) in [5.41, 5.74) is 3.40. The number of nitrogens with one attached hydrogen (secondary N) is 1. The molecule has 3 N–H and O–H groups in total. The van der Waals surface area contributed by atoms with Gasteiger partial charge < -0.3 is 10.2 Å². The molecular weight excluding hydrogens is 278 g/mol. The molecule has 1 fully saturated rings. The summed E-state index contributed by atoms with van der Waals surface area (Å²) in [7, 11) is 0. The van der Waals surface area contributed by atoms with E-state index < -0.39 is 6.23 Å². The van der Waals surface area contributed by atoms with Crippen LogP contribution in [0.3, 0.4) is 0 Å². The van der Waals surface area contributed by atoms with Crippen LogP contribution >= 0.6 is 11.8 Å². The molecule has 20 heavy (non-hydrogen) atoms. The van der Waals surface area contributed by atoms with Gasteiger partial charge in [-0.2, -0.15) is 4.99 Å². The summed E-state index contributed by atoms with van der Waals surface area (Å²) < 4.78 is 0. The van der Waals surface area contributed by atoms with Crippen molar-refractivity contribution in [3.8, 4) is 5.75 Å². The van der Waals surface area contributed by atoms with Gasteiger partial charge in [0.1, 0.15) is 12.0 Å². The highest BCUT2D eigenvalue weighted by Crippen LogP contribution is 2.32. The van der Waals surface area contributed by atoms with Crippen LogP contribution in [0.1, 0.15) is 12.0 Å². The Morgan fingerprint density at radius 3 is 2.95 bits per heavy atom. The highest BCUT2D eigenvalue weighted by Gasteiger charge is 2.30. The van der Waals surface area contributed by atoms with Crippen molar-refractivity contribution in [1.29, 1.82) is 0 Å². The molecule has 1 saturated heterocycles. The average Bonchev–Trinajstić information content (AvgIpc) is 2.99. The molecule has 0 unspecified atom stereocenters. The number of phenolic OH excluding ortho intramolecular Hbond substituents is 1. The van der Waals surface area contributed by atoms with Gasteiger partial charge in [0.05, 0.1) is 4.91 Å². The third-order valence-electron chi connectivity index (χ3n) is 2.99. The molecular formula is C13H13N3O3S. The average molecular weight is 291 g/mol. The molecule has 1 aromatic carbocycles. The maximum Gasteiger partial charge on any atom is 0.286 e. The Morgan fingerprint density at radius 1 is 1.45 bits per heavy atom. The van der Waals surface area contributed by atoms with E-state index in [1.165, 1.54) is 11.8 Å². The lowest BCUT2D eigenvalue weighted by Crippen LogP contribution is -2.38. The lowest BCUT2D eigenvalue weighted by atomic mass is 10.2. The lowest BCUT2D eigenvalue weighted by Gasteiger charge is -2.16. The van der Waals surface area contributed by atoms with Gasteiger partial charge in [-0.1, -0.05) is 18.2 Å². The fourth-order valence-corrected chi connectivity index (χ4v) is 2.87. The van der Waals surface area contributed by atoms with Gasteiger partial charge in [-0.05, 0) is 23.9 Å². The minimum Gasteiger partial charge on any atom is -0.507 e. The summed E-state index contributed by atoms with van der Waals surface area (Å²) in [4.78, 5) is 16.3. The van der Waals surface area contributed by atoms with E-state index in [9.17, 15) is 15.0 Å². The molecule has 0 bridgehead atoms. The van der Waals surface area contributed by atoms with E-state index in [1.54, 1.807) is 35.4 Å². The number of rotatable bonds is 1. The number of aliphatic imine (C=N–C) groups is 1. The van der Waals surface area contributed by atoms with Gasteiger partial charge in [0.2, 0.25) is 0 Å². The summed E-state index contributed by atoms with van der Waals surface area (Å²) in [6.07, 6.45) is 1.61. The monoisotopic (exact) mass is 291 g/mol. The van der Waals surface area contributed by atoms with Gasteiger partial charge in [0.25, 0.3) is 5.91 Å². The summed E-state index contributed by atoms with van der Waals surface area (Å²) in [6.45, 7) is 0.601. The summed E-state index contributed by atoms with van der Waals surface area (Å²) in [6, 6.07) is 6.80. The number of carbonyl (C=O) groups excluding carboxylic acids is 1. The predicted octanol–water partition coefficient (Wildman–Crippen LogP) is 0.891. The molecule has 2 aliphatic rings. The number of carbonyl (C=O) groups is 1. The van der Waals surface area contributed by atoms with Gasteiger partial charge in [-0.3, -0.25) is 9.80 Å². The molecule has 6 nitrogen and oxygen atoms in total. The molecule has 7 heteroatoms. The third-order valence-corrected chi connectivity index (χ3v) is 4.00. The number of aliphatic hydroxyl groups is 1. The number of amides is 1. The van der Waals surface area contributed by atoms with Crippen LogP contribution < -0.4 is 5.43 Å². The number of amidine groups is 1. The molecule has 0 aromatic heterocycles. The van der Waals surface area contributed by atoms with Gasteiger partial charge in [-0.25, -0.2) is 5.43 Å². The molecule has 2 heterocycles. The van der Waals surface area contributed by atoms with E-state index in [4.69, 9.17) is 0 Å². The first-order chi connectivity index (χ1) is 9.63. The minimum absolute atomic E-state index is 0.122. The van der Waals surface area contributed by atoms with Gasteiger partial charge >= 0.3 is 0 Å². The van der Waals surface area contributed by atoms with E-state index in [2.05, 4.69) is 10.4 Å². The zero-order chi connectivity index (χ0) is 14.1. The first-order valence-corrected chi connectivity index (χ1v) is 6.97. The minimum atomic E-state index is -0.598. The van der Waals surface area contributed by atoms with Crippen LogP contribution in [-0.2, 0) is 4.79 Å². The number of benzene rings is 1. The molecule has 2 aliphatic heterocycles. The molecule has 0 spiro atoms. The summed E-state index contributed by atoms with van der Waals surface area (Å²) in [5.74, 6) is -0.215. The number of hydrogen-bond donors (Lipinski definition) is 3. The maximum absolute atomic E-state index is 11.9. The van der Waals surface area contributed by atoms with Gasteiger partial charge in [-0.15, -0.1) is 0 Å². The number of para-hydroxylation sites is 1. The number of aromatic hydroxyl groups is 1. The second-order valence-electron chi connectivity index (χ2n) is 4.45. The molecule has 0 aliphatic carbocycles. The Labute approximate surface area is 119 Å². The Bertz CT molecular complexity index is 615. The molecule has 0 saturated carbocycles. The van der Waals surface area contributed by atoms with Crippen molar-refractivity contribution in [3.63, 3.8) is 0 Å². The van der Waals surface area contributed by atoms with Crippen molar-refractivity contribution in [1.82, 2.24) is 10.4 Å². The van der Waals surface area contributed by atoms with Crippen LogP contribution in [0.25, 0.3) is 6.08 Å². The van der Waals surface area contributed by atoms with Crippen LogP contribution in [0.4, 0.5) is 0 Å².